The monoisotopic (exact) mass is 375 g/mol. The van der Waals surface area contributed by atoms with E-state index in [1.54, 1.807) is 10.9 Å². The molecule has 0 bridgehead atoms. The van der Waals surface area contributed by atoms with Gasteiger partial charge in [-0.15, -0.1) is 5.10 Å². The standard InChI is InChI=1S/C22H25N5O/c1-18-16-23-24-27(18)17-21(28)25-12-14-26(15-13-25)22(19-8-4-2-5-9-19)20-10-6-3-7-11-20/h2-11,16,22H,12-15,17H2,1H3. The molecular formula is C22H25N5O. The number of piperazine rings is 1. The highest BCUT2D eigenvalue weighted by Crippen LogP contribution is 2.29. The molecule has 6 nitrogen and oxygen atoms in total. The van der Waals surface area contributed by atoms with Crippen LogP contribution in [0, 0.1) is 6.92 Å². The van der Waals surface area contributed by atoms with E-state index in [2.05, 4.69) is 63.7 Å². The lowest BCUT2D eigenvalue weighted by atomic mass is 9.96. The van der Waals surface area contributed by atoms with Gasteiger partial charge in [-0.2, -0.15) is 0 Å². The fraction of sp³-hybridized carbons (Fsp3) is 0.318. The zero-order chi connectivity index (χ0) is 19.3. The normalized spacial score (nSPS) is 15.1. The number of benzene rings is 2. The molecule has 1 aromatic heterocycles. The molecule has 1 amide bonds. The maximum atomic E-state index is 12.7. The molecule has 0 unspecified atom stereocenters. The van der Waals surface area contributed by atoms with E-state index in [0.717, 1.165) is 31.9 Å². The molecule has 2 aromatic carbocycles. The van der Waals surface area contributed by atoms with Crippen LogP contribution in [0.5, 0.6) is 0 Å². The Hall–Kier alpha value is -2.99. The molecule has 4 rings (SSSR count). The van der Waals surface area contributed by atoms with Crippen LogP contribution in [-0.4, -0.2) is 56.9 Å². The number of hydrogen-bond donors (Lipinski definition) is 0. The Morgan fingerprint density at radius 2 is 1.50 bits per heavy atom. The Kier molecular flexibility index (Phi) is 5.48. The molecule has 1 aliphatic heterocycles. The van der Waals surface area contributed by atoms with Crippen molar-refractivity contribution in [2.75, 3.05) is 26.2 Å². The number of amides is 1. The Morgan fingerprint density at radius 1 is 0.929 bits per heavy atom. The zero-order valence-electron chi connectivity index (χ0n) is 16.1. The van der Waals surface area contributed by atoms with Gasteiger partial charge in [-0.05, 0) is 18.1 Å². The van der Waals surface area contributed by atoms with E-state index in [4.69, 9.17) is 0 Å². The molecule has 0 N–H and O–H groups in total. The summed E-state index contributed by atoms with van der Waals surface area (Å²) in [5.74, 6) is 0.101. The fourth-order valence-electron chi connectivity index (χ4n) is 3.81. The maximum absolute atomic E-state index is 12.7. The van der Waals surface area contributed by atoms with E-state index in [9.17, 15) is 4.79 Å². The second kappa shape index (κ2) is 8.35. The van der Waals surface area contributed by atoms with Crippen LogP contribution >= 0.6 is 0 Å². The van der Waals surface area contributed by atoms with Crippen LogP contribution in [0.4, 0.5) is 0 Å². The summed E-state index contributed by atoms with van der Waals surface area (Å²) in [6.07, 6.45) is 1.68. The van der Waals surface area contributed by atoms with Gasteiger partial charge in [0.1, 0.15) is 6.54 Å². The summed E-state index contributed by atoms with van der Waals surface area (Å²) in [7, 11) is 0. The van der Waals surface area contributed by atoms with Gasteiger partial charge >= 0.3 is 0 Å². The summed E-state index contributed by atoms with van der Waals surface area (Å²) >= 11 is 0. The van der Waals surface area contributed by atoms with Crippen molar-refractivity contribution in [2.24, 2.45) is 0 Å². The van der Waals surface area contributed by atoms with Gasteiger partial charge in [-0.25, -0.2) is 4.68 Å². The first-order valence-electron chi connectivity index (χ1n) is 9.69. The van der Waals surface area contributed by atoms with Crippen molar-refractivity contribution >= 4 is 5.91 Å². The first kappa shape index (κ1) is 18.4. The van der Waals surface area contributed by atoms with Crippen LogP contribution in [0.2, 0.25) is 0 Å². The summed E-state index contributed by atoms with van der Waals surface area (Å²) < 4.78 is 1.66. The van der Waals surface area contributed by atoms with Crippen molar-refractivity contribution in [3.63, 3.8) is 0 Å². The lowest BCUT2D eigenvalue weighted by Crippen LogP contribution is -2.50. The van der Waals surface area contributed by atoms with Crippen molar-refractivity contribution in [3.05, 3.63) is 83.7 Å². The van der Waals surface area contributed by atoms with Gasteiger partial charge < -0.3 is 4.90 Å². The highest BCUT2D eigenvalue weighted by atomic mass is 16.2. The molecule has 144 valence electrons. The van der Waals surface area contributed by atoms with Gasteiger partial charge in [0, 0.05) is 26.2 Å². The number of aryl methyl sites for hydroxylation is 1. The molecule has 1 fully saturated rings. The first-order chi connectivity index (χ1) is 13.7. The molecule has 1 saturated heterocycles. The second-order valence-corrected chi connectivity index (χ2v) is 7.17. The Bertz CT molecular complexity index is 861. The molecular weight excluding hydrogens is 350 g/mol. The predicted octanol–water partition coefficient (Wildman–Crippen LogP) is 2.52. The van der Waals surface area contributed by atoms with Gasteiger partial charge in [0.2, 0.25) is 5.91 Å². The number of hydrogen-bond acceptors (Lipinski definition) is 4. The van der Waals surface area contributed by atoms with Crippen molar-refractivity contribution < 1.29 is 4.79 Å². The third-order valence-electron chi connectivity index (χ3n) is 5.36. The molecule has 0 aliphatic carbocycles. The summed E-state index contributed by atoms with van der Waals surface area (Å²) in [6, 6.07) is 21.4. The third kappa shape index (κ3) is 3.97. The molecule has 3 aromatic rings. The van der Waals surface area contributed by atoms with Gasteiger partial charge in [-0.3, -0.25) is 9.69 Å². The van der Waals surface area contributed by atoms with Crippen LogP contribution in [-0.2, 0) is 11.3 Å². The second-order valence-electron chi connectivity index (χ2n) is 7.17. The summed E-state index contributed by atoms with van der Waals surface area (Å²) in [4.78, 5) is 17.1. The van der Waals surface area contributed by atoms with Crippen molar-refractivity contribution in [2.45, 2.75) is 19.5 Å². The van der Waals surface area contributed by atoms with Gasteiger partial charge in [-0.1, -0.05) is 65.9 Å². The molecule has 2 heterocycles. The SMILES string of the molecule is Cc1cnnn1CC(=O)N1CCN(C(c2ccccc2)c2ccccc2)CC1. The van der Waals surface area contributed by atoms with Gasteiger partial charge in [0.15, 0.2) is 0 Å². The van der Waals surface area contributed by atoms with Crippen LogP contribution < -0.4 is 0 Å². The lowest BCUT2D eigenvalue weighted by molar-refractivity contribution is -0.134. The third-order valence-corrected chi connectivity index (χ3v) is 5.36. The summed E-state index contributed by atoms with van der Waals surface area (Å²) in [6.45, 7) is 5.31. The van der Waals surface area contributed by atoms with Crippen LogP contribution in [0.25, 0.3) is 0 Å². The van der Waals surface area contributed by atoms with Crippen molar-refractivity contribution in [1.29, 1.82) is 0 Å². The topological polar surface area (TPSA) is 54.3 Å². The predicted molar refractivity (Wildman–Crippen MR) is 108 cm³/mol. The largest absolute Gasteiger partial charge is 0.339 e. The molecule has 0 saturated carbocycles. The molecule has 0 radical (unpaired) electrons. The van der Waals surface area contributed by atoms with Gasteiger partial charge in [0.25, 0.3) is 0 Å². The minimum Gasteiger partial charge on any atom is -0.339 e. The fourth-order valence-corrected chi connectivity index (χ4v) is 3.81. The minimum absolute atomic E-state index is 0.101. The lowest BCUT2D eigenvalue weighted by Gasteiger charge is -2.39. The van der Waals surface area contributed by atoms with Crippen LogP contribution in [0.15, 0.2) is 66.9 Å². The van der Waals surface area contributed by atoms with Crippen LogP contribution in [0.3, 0.4) is 0 Å². The van der Waals surface area contributed by atoms with Crippen LogP contribution in [0.1, 0.15) is 22.9 Å². The zero-order valence-corrected chi connectivity index (χ0v) is 16.1. The molecule has 28 heavy (non-hydrogen) atoms. The van der Waals surface area contributed by atoms with E-state index in [0.29, 0.717) is 0 Å². The average Bonchev–Trinajstić information content (AvgIpc) is 3.15. The number of carbonyl (C=O) groups is 1. The first-order valence-corrected chi connectivity index (χ1v) is 9.69. The Morgan fingerprint density at radius 3 is 2.00 bits per heavy atom. The number of carbonyl (C=O) groups excluding carboxylic acids is 1. The summed E-state index contributed by atoms with van der Waals surface area (Å²) in [5, 5.41) is 7.84. The highest BCUT2D eigenvalue weighted by molar-refractivity contribution is 5.76. The number of nitrogens with zero attached hydrogens (tertiary/aromatic N) is 5. The van der Waals surface area contributed by atoms with Crippen molar-refractivity contribution in [1.82, 2.24) is 24.8 Å². The smallest absolute Gasteiger partial charge is 0.244 e. The van der Waals surface area contributed by atoms with E-state index in [1.807, 2.05) is 24.0 Å². The Balaban J connectivity index is 1.46. The van der Waals surface area contributed by atoms with E-state index >= 15 is 0 Å². The molecule has 6 heteroatoms. The maximum Gasteiger partial charge on any atom is 0.244 e. The number of aromatic nitrogens is 3. The molecule has 1 aliphatic rings. The van der Waals surface area contributed by atoms with E-state index in [-0.39, 0.29) is 18.5 Å². The van der Waals surface area contributed by atoms with Crippen molar-refractivity contribution in [3.8, 4) is 0 Å². The van der Waals surface area contributed by atoms with E-state index < -0.39 is 0 Å². The van der Waals surface area contributed by atoms with E-state index in [1.165, 1.54) is 11.1 Å². The highest BCUT2D eigenvalue weighted by Gasteiger charge is 2.28. The minimum atomic E-state index is 0.101. The van der Waals surface area contributed by atoms with Gasteiger partial charge in [0.05, 0.1) is 17.9 Å². The molecule has 0 spiro atoms. The molecule has 0 atom stereocenters. The average molecular weight is 375 g/mol. The number of rotatable bonds is 5. The summed E-state index contributed by atoms with van der Waals surface area (Å²) in [5.41, 5.74) is 3.47. The Labute approximate surface area is 165 Å². The quantitative estimate of drug-likeness (QED) is 0.688.